The number of benzene rings is 4. The number of urea groups is 1. The Morgan fingerprint density at radius 3 is 1.98 bits per heavy atom. The van der Waals surface area contributed by atoms with E-state index in [-0.39, 0.29) is 12.1 Å². The molecule has 252 valence electrons. The van der Waals surface area contributed by atoms with Gasteiger partial charge in [-0.05, 0) is 84.2 Å². The zero-order valence-corrected chi connectivity index (χ0v) is 28.4. The number of hydrogen-bond acceptors (Lipinski definition) is 6. The Morgan fingerprint density at radius 1 is 0.800 bits per heavy atom. The van der Waals surface area contributed by atoms with Crippen molar-refractivity contribution in [3.05, 3.63) is 144 Å². The van der Waals surface area contributed by atoms with Gasteiger partial charge in [0.15, 0.2) is 5.54 Å². The summed E-state index contributed by atoms with van der Waals surface area (Å²) in [5, 5.41) is 20.9. The second kappa shape index (κ2) is 14.7. The Kier molecular flexibility index (Phi) is 9.64. The van der Waals surface area contributed by atoms with Crippen molar-refractivity contribution in [2.75, 3.05) is 11.9 Å². The molecule has 6 aromatic rings. The van der Waals surface area contributed by atoms with Crippen LogP contribution in [0.25, 0.3) is 22.5 Å². The summed E-state index contributed by atoms with van der Waals surface area (Å²) in [5.74, 6) is 1.66. The lowest BCUT2D eigenvalue weighted by molar-refractivity contribution is 0.239. The van der Waals surface area contributed by atoms with Crippen LogP contribution in [-0.4, -0.2) is 43.9 Å². The highest BCUT2D eigenvalue weighted by Gasteiger charge is 2.41. The van der Waals surface area contributed by atoms with Gasteiger partial charge in [-0.3, -0.25) is 0 Å². The van der Waals surface area contributed by atoms with Gasteiger partial charge in [0.25, 0.3) is 0 Å². The first-order chi connectivity index (χ1) is 24.5. The van der Waals surface area contributed by atoms with Gasteiger partial charge >= 0.3 is 6.03 Å². The van der Waals surface area contributed by atoms with Crippen molar-refractivity contribution in [1.29, 1.82) is 0 Å². The molecule has 0 bridgehead atoms. The monoisotopic (exact) mass is 663 g/mol. The van der Waals surface area contributed by atoms with E-state index in [0.29, 0.717) is 35.5 Å². The molecule has 2 N–H and O–H groups in total. The molecule has 1 fully saturated rings. The smallest absolute Gasteiger partial charge is 0.319 e. The lowest BCUT2D eigenvalue weighted by Gasteiger charge is -2.34. The van der Waals surface area contributed by atoms with Crippen LogP contribution in [-0.2, 0) is 5.54 Å². The highest BCUT2D eigenvalue weighted by Crippen LogP contribution is 2.41. The topological polar surface area (TPSA) is 107 Å². The van der Waals surface area contributed by atoms with Crippen LogP contribution in [0.5, 0.6) is 5.88 Å². The molecule has 1 aliphatic carbocycles. The quantitative estimate of drug-likeness (QED) is 0.143. The van der Waals surface area contributed by atoms with E-state index >= 15 is 0 Å². The van der Waals surface area contributed by atoms with Crippen LogP contribution in [0.2, 0.25) is 0 Å². The molecule has 0 radical (unpaired) electrons. The molecule has 2 amide bonds. The minimum absolute atomic E-state index is 0.170. The molecule has 2 heterocycles. The fourth-order valence-electron chi connectivity index (χ4n) is 6.94. The summed E-state index contributed by atoms with van der Waals surface area (Å²) < 4.78 is 5.61. The molecule has 50 heavy (non-hydrogen) atoms. The Balaban J connectivity index is 1.33. The summed E-state index contributed by atoms with van der Waals surface area (Å²) in [4.78, 5) is 19.4. The van der Waals surface area contributed by atoms with Crippen molar-refractivity contribution in [1.82, 2.24) is 30.5 Å². The summed E-state index contributed by atoms with van der Waals surface area (Å²) in [5.41, 5.74) is 5.06. The standard InChI is InChI=1S/C41H41N7O2/c1-3-50-38-26-21-30(28-42-38)36-25-24-35(44-40(49)43-34-22-19-29(2)20-23-34)27-37(36)39-45-47-48(46-39)41(31-13-7-4-8-14-31,32-15-9-5-10-16-32)33-17-11-6-12-18-33/h4-18,21,24-29,34H,3,19-20,22-23H2,1-2H3,(H2,43,44,49). The van der Waals surface area contributed by atoms with Crippen LogP contribution < -0.4 is 15.4 Å². The lowest BCUT2D eigenvalue weighted by atomic mass is 9.77. The number of aromatic nitrogens is 5. The van der Waals surface area contributed by atoms with Gasteiger partial charge in [0.1, 0.15) is 0 Å². The fourth-order valence-corrected chi connectivity index (χ4v) is 6.94. The molecular weight excluding hydrogens is 622 g/mol. The van der Waals surface area contributed by atoms with Crippen molar-refractivity contribution in [2.45, 2.75) is 51.1 Å². The van der Waals surface area contributed by atoms with Crippen molar-refractivity contribution >= 4 is 11.7 Å². The maximum atomic E-state index is 13.2. The van der Waals surface area contributed by atoms with Crippen LogP contribution in [0.3, 0.4) is 0 Å². The number of hydrogen-bond donors (Lipinski definition) is 2. The first kappa shape index (κ1) is 32.7. The van der Waals surface area contributed by atoms with E-state index in [2.05, 4.69) is 58.9 Å². The van der Waals surface area contributed by atoms with Crippen LogP contribution in [0, 0.1) is 5.92 Å². The number of tetrazole rings is 1. The van der Waals surface area contributed by atoms with Gasteiger partial charge in [-0.25, -0.2) is 9.78 Å². The molecule has 4 aromatic carbocycles. The number of amides is 2. The van der Waals surface area contributed by atoms with Gasteiger partial charge in [0, 0.05) is 35.1 Å². The molecule has 9 heteroatoms. The number of nitrogens with zero attached hydrogens (tertiary/aromatic N) is 5. The van der Waals surface area contributed by atoms with Crippen LogP contribution in [0.15, 0.2) is 128 Å². The molecule has 0 atom stereocenters. The molecule has 2 aromatic heterocycles. The van der Waals surface area contributed by atoms with E-state index in [1.807, 2.05) is 91.9 Å². The maximum absolute atomic E-state index is 13.2. The largest absolute Gasteiger partial charge is 0.478 e. The van der Waals surface area contributed by atoms with Crippen molar-refractivity contribution in [3.63, 3.8) is 0 Å². The third-order valence-corrected chi connectivity index (χ3v) is 9.50. The third-order valence-electron chi connectivity index (χ3n) is 9.50. The van der Waals surface area contributed by atoms with E-state index in [1.54, 1.807) is 11.0 Å². The van der Waals surface area contributed by atoms with Gasteiger partial charge in [-0.1, -0.05) is 104 Å². The third kappa shape index (κ3) is 6.72. The Hall–Kier alpha value is -5.83. The highest BCUT2D eigenvalue weighted by atomic mass is 16.5. The number of pyridine rings is 1. The minimum Gasteiger partial charge on any atom is -0.478 e. The van der Waals surface area contributed by atoms with Crippen LogP contribution in [0.4, 0.5) is 10.5 Å². The number of anilines is 1. The summed E-state index contributed by atoms with van der Waals surface area (Å²) in [6, 6.07) is 40.3. The molecule has 1 saturated carbocycles. The van der Waals surface area contributed by atoms with Gasteiger partial charge in [0.2, 0.25) is 11.7 Å². The van der Waals surface area contributed by atoms with Crippen molar-refractivity contribution in [2.24, 2.45) is 5.92 Å². The summed E-state index contributed by atoms with van der Waals surface area (Å²) in [6.07, 6.45) is 6.00. The van der Waals surface area contributed by atoms with Gasteiger partial charge in [-0.2, -0.15) is 0 Å². The number of carbonyl (C=O) groups excluding carboxylic acids is 1. The van der Waals surface area contributed by atoms with Crippen molar-refractivity contribution in [3.8, 4) is 28.4 Å². The second-order valence-electron chi connectivity index (χ2n) is 12.8. The predicted octanol–water partition coefficient (Wildman–Crippen LogP) is 8.34. The average Bonchev–Trinajstić information content (AvgIpc) is 3.65. The minimum atomic E-state index is -0.927. The Labute approximate surface area is 292 Å². The molecule has 1 aliphatic rings. The fraction of sp³-hybridized carbons (Fsp3) is 0.244. The van der Waals surface area contributed by atoms with E-state index in [0.717, 1.165) is 53.5 Å². The summed E-state index contributed by atoms with van der Waals surface area (Å²) in [7, 11) is 0. The molecular formula is C41H41N7O2. The number of carbonyl (C=O) groups is 1. The first-order valence-electron chi connectivity index (χ1n) is 17.3. The maximum Gasteiger partial charge on any atom is 0.319 e. The Morgan fingerprint density at radius 2 is 1.42 bits per heavy atom. The zero-order chi connectivity index (χ0) is 34.3. The molecule has 9 nitrogen and oxygen atoms in total. The summed E-state index contributed by atoms with van der Waals surface area (Å²) in [6.45, 7) is 4.73. The number of nitrogens with one attached hydrogen (secondary N) is 2. The SMILES string of the molecule is CCOc1ccc(-c2ccc(NC(=O)NC3CCC(C)CC3)cc2-c2nnn(C(c3ccccc3)(c3ccccc3)c3ccccc3)n2)cn1. The van der Waals surface area contributed by atoms with Gasteiger partial charge in [0.05, 0.1) is 6.61 Å². The first-order valence-corrected chi connectivity index (χ1v) is 17.3. The van der Waals surface area contributed by atoms with Crippen LogP contribution in [0.1, 0.15) is 56.2 Å². The molecule has 7 rings (SSSR count). The number of rotatable bonds is 10. The van der Waals surface area contributed by atoms with E-state index < -0.39 is 5.54 Å². The zero-order valence-electron chi connectivity index (χ0n) is 28.4. The second-order valence-corrected chi connectivity index (χ2v) is 12.8. The van der Waals surface area contributed by atoms with Gasteiger partial charge in [-0.15, -0.1) is 15.0 Å². The highest BCUT2D eigenvalue weighted by molar-refractivity contribution is 5.92. The normalized spacial score (nSPS) is 16.0. The predicted molar refractivity (Wildman–Crippen MR) is 196 cm³/mol. The van der Waals surface area contributed by atoms with E-state index in [1.165, 1.54) is 0 Å². The molecule has 0 aliphatic heterocycles. The Bertz CT molecular complexity index is 1910. The van der Waals surface area contributed by atoms with E-state index in [4.69, 9.17) is 20.1 Å². The van der Waals surface area contributed by atoms with Crippen molar-refractivity contribution < 1.29 is 9.53 Å². The summed E-state index contributed by atoms with van der Waals surface area (Å²) >= 11 is 0. The van der Waals surface area contributed by atoms with Crippen LogP contribution >= 0.6 is 0 Å². The average molecular weight is 664 g/mol. The molecule has 0 spiro atoms. The molecule has 0 unspecified atom stereocenters. The number of ether oxygens (including phenoxy) is 1. The lowest BCUT2D eigenvalue weighted by Crippen LogP contribution is -2.39. The molecule has 0 saturated heterocycles. The van der Waals surface area contributed by atoms with E-state index in [9.17, 15) is 4.79 Å². The van der Waals surface area contributed by atoms with Gasteiger partial charge < -0.3 is 15.4 Å².